The smallest absolute Gasteiger partial charge is 0.323 e. The van der Waals surface area contributed by atoms with Crippen molar-refractivity contribution in [2.24, 2.45) is 0 Å². The highest BCUT2D eigenvalue weighted by Crippen LogP contribution is 2.32. The molecule has 1 aromatic carbocycles. The molecule has 170 valence electrons. The predicted molar refractivity (Wildman–Crippen MR) is 118 cm³/mol. The Morgan fingerprint density at radius 2 is 1.81 bits per heavy atom. The van der Waals surface area contributed by atoms with Crippen molar-refractivity contribution in [3.8, 4) is 0 Å². The predicted octanol–water partition coefficient (Wildman–Crippen LogP) is 1.43. The second kappa shape index (κ2) is 8.88. The van der Waals surface area contributed by atoms with Gasteiger partial charge in [-0.1, -0.05) is 30.3 Å². The third-order valence-electron chi connectivity index (χ3n) is 6.94. The van der Waals surface area contributed by atoms with Crippen LogP contribution in [0.2, 0.25) is 0 Å². The van der Waals surface area contributed by atoms with E-state index in [-0.39, 0.29) is 24.2 Å². The number of carbonyl (C=O) groups is 2. The van der Waals surface area contributed by atoms with Gasteiger partial charge in [-0.15, -0.1) is 0 Å². The Kier molecular flexibility index (Phi) is 6.37. The van der Waals surface area contributed by atoms with Crippen LogP contribution in [0.3, 0.4) is 0 Å². The molecule has 0 bridgehead atoms. The highest BCUT2D eigenvalue weighted by Gasteiger charge is 2.54. The van der Waals surface area contributed by atoms with Crippen molar-refractivity contribution in [1.29, 1.82) is 0 Å². The van der Waals surface area contributed by atoms with Crippen LogP contribution in [0.15, 0.2) is 30.3 Å². The molecular formula is C22H32N4O4S. The largest absolute Gasteiger partial charge is 0.325 e. The maximum absolute atomic E-state index is 13.4. The monoisotopic (exact) mass is 448 g/mol. The van der Waals surface area contributed by atoms with Gasteiger partial charge in [-0.25, -0.2) is 13.2 Å². The Labute approximate surface area is 184 Å². The van der Waals surface area contributed by atoms with Crippen molar-refractivity contribution in [2.45, 2.75) is 50.6 Å². The molecule has 0 aliphatic carbocycles. The number of hydrogen-bond donors (Lipinski definition) is 1. The number of piperidine rings is 2. The van der Waals surface area contributed by atoms with Crippen molar-refractivity contribution in [3.63, 3.8) is 0 Å². The quantitative estimate of drug-likeness (QED) is 0.665. The van der Waals surface area contributed by atoms with Crippen LogP contribution in [0, 0.1) is 0 Å². The van der Waals surface area contributed by atoms with Crippen molar-refractivity contribution >= 4 is 22.0 Å². The van der Waals surface area contributed by atoms with Gasteiger partial charge in [0, 0.05) is 32.7 Å². The first-order chi connectivity index (χ1) is 14.8. The number of amides is 3. The molecule has 3 aliphatic rings. The summed E-state index contributed by atoms with van der Waals surface area (Å²) in [5, 5.41) is 2.97. The summed E-state index contributed by atoms with van der Waals surface area (Å²) < 4.78 is 26.0. The van der Waals surface area contributed by atoms with Gasteiger partial charge in [0.2, 0.25) is 10.0 Å². The fourth-order valence-electron chi connectivity index (χ4n) is 4.97. The number of hydrogen-bond acceptors (Lipinski definition) is 5. The van der Waals surface area contributed by atoms with Gasteiger partial charge in [-0.3, -0.25) is 9.69 Å². The summed E-state index contributed by atoms with van der Waals surface area (Å²) in [6, 6.07) is 9.57. The fourth-order valence-corrected chi connectivity index (χ4v) is 6.14. The van der Waals surface area contributed by atoms with Crippen LogP contribution >= 0.6 is 0 Å². The minimum atomic E-state index is -3.33. The van der Waals surface area contributed by atoms with Crippen LogP contribution in [0.1, 0.15) is 38.2 Å². The average Bonchev–Trinajstić information content (AvgIpc) is 3.03. The van der Waals surface area contributed by atoms with E-state index in [1.807, 2.05) is 18.2 Å². The maximum atomic E-state index is 13.4. The second-order valence-electron chi connectivity index (χ2n) is 8.82. The molecule has 1 aromatic rings. The van der Waals surface area contributed by atoms with E-state index in [1.54, 1.807) is 6.92 Å². The first-order valence-corrected chi connectivity index (χ1v) is 12.9. The van der Waals surface area contributed by atoms with Crippen LogP contribution in [0.25, 0.3) is 0 Å². The first kappa shape index (κ1) is 22.2. The van der Waals surface area contributed by atoms with Crippen LogP contribution < -0.4 is 5.32 Å². The van der Waals surface area contributed by atoms with Gasteiger partial charge in [-0.05, 0) is 44.6 Å². The lowest BCUT2D eigenvalue weighted by Crippen LogP contribution is -2.56. The lowest BCUT2D eigenvalue weighted by atomic mass is 9.87. The summed E-state index contributed by atoms with van der Waals surface area (Å²) in [4.78, 5) is 29.8. The third kappa shape index (κ3) is 4.49. The van der Waals surface area contributed by atoms with E-state index in [0.717, 1.165) is 26.1 Å². The second-order valence-corrected chi connectivity index (χ2v) is 11.1. The summed E-state index contributed by atoms with van der Waals surface area (Å²) in [5.41, 5.74) is 0.453. The molecule has 3 heterocycles. The third-order valence-corrected chi connectivity index (χ3v) is 8.79. The number of sulfonamides is 1. The molecule has 0 aromatic heterocycles. The van der Waals surface area contributed by atoms with Crippen molar-refractivity contribution in [1.82, 2.24) is 19.4 Å². The Morgan fingerprint density at radius 3 is 2.48 bits per heavy atom. The Balaban J connectivity index is 1.37. The molecule has 9 heteroatoms. The number of rotatable bonds is 6. The average molecular weight is 449 g/mol. The molecule has 1 atom stereocenters. The highest BCUT2D eigenvalue weighted by atomic mass is 32.2. The summed E-state index contributed by atoms with van der Waals surface area (Å²) in [6.07, 6.45) is 3.44. The van der Waals surface area contributed by atoms with Crippen LogP contribution in [0.5, 0.6) is 0 Å². The normalized spacial score (nSPS) is 25.2. The van der Waals surface area contributed by atoms with Crippen LogP contribution in [-0.4, -0.2) is 84.5 Å². The lowest BCUT2D eigenvalue weighted by molar-refractivity contribution is -0.135. The molecule has 1 N–H and O–H groups in total. The van der Waals surface area contributed by atoms with Crippen LogP contribution in [-0.2, 0) is 21.2 Å². The minimum Gasteiger partial charge on any atom is -0.323 e. The van der Waals surface area contributed by atoms with Gasteiger partial charge in [0.05, 0.1) is 11.8 Å². The van der Waals surface area contributed by atoms with E-state index >= 15 is 0 Å². The lowest BCUT2D eigenvalue weighted by Gasteiger charge is -2.38. The van der Waals surface area contributed by atoms with Crippen LogP contribution in [0.4, 0.5) is 4.79 Å². The van der Waals surface area contributed by atoms with Gasteiger partial charge in [0.1, 0.15) is 5.54 Å². The van der Waals surface area contributed by atoms with Gasteiger partial charge < -0.3 is 10.2 Å². The topological polar surface area (TPSA) is 90.0 Å². The Bertz CT molecular complexity index is 913. The molecule has 4 rings (SSSR count). The van der Waals surface area contributed by atoms with E-state index in [4.69, 9.17) is 0 Å². The number of nitrogens with one attached hydrogen (secondary N) is 1. The van der Waals surface area contributed by atoms with E-state index in [9.17, 15) is 18.0 Å². The summed E-state index contributed by atoms with van der Waals surface area (Å²) in [7, 11) is -3.33. The molecule has 3 aliphatic heterocycles. The van der Waals surface area contributed by atoms with E-state index in [0.29, 0.717) is 32.2 Å². The van der Waals surface area contributed by atoms with Crippen molar-refractivity contribution < 1.29 is 18.0 Å². The zero-order valence-electron chi connectivity index (χ0n) is 18.1. The molecule has 3 amide bonds. The zero-order chi connectivity index (χ0) is 22.1. The Hall–Kier alpha value is -1.97. The molecule has 0 radical (unpaired) electrons. The number of carbonyl (C=O) groups excluding carboxylic acids is 2. The van der Waals surface area contributed by atoms with Gasteiger partial charge in [0.25, 0.3) is 5.91 Å². The number of nitrogens with zero attached hydrogens (tertiary/aromatic N) is 3. The first-order valence-electron chi connectivity index (χ1n) is 11.2. The van der Waals surface area contributed by atoms with Crippen molar-refractivity contribution in [3.05, 3.63) is 35.9 Å². The molecule has 31 heavy (non-hydrogen) atoms. The van der Waals surface area contributed by atoms with E-state index < -0.39 is 21.6 Å². The number of urea groups is 1. The molecule has 8 nitrogen and oxygen atoms in total. The number of benzene rings is 1. The molecule has 3 saturated heterocycles. The molecular weight excluding hydrogens is 416 g/mol. The zero-order valence-corrected chi connectivity index (χ0v) is 18.9. The van der Waals surface area contributed by atoms with Gasteiger partial charge in [0.15, 0.2) is 0 Å². The molecule has 1 spiro atoms. The standard InChI is InChI=1S/C22H32N4O4S/c1-2-31(29,30)25-13-6-9-19(17-25)26-20(27)22(23-21(26)28)11-15-24(16-12-22)14-10-18-7-4-3-5-8-18/h3-5,7-8,19H,2,6,9-17H2,1H3,(H,23,28)/t19-/m0/s1. The van der Waals surface area contributed by atoms with Gasteiger partial charge in [-0.2, -0.15) is 4.31 Å². The van der Waals surface area contributed by atoms with Gasteiger partial charge >= 0.3 is 6.03 Å². The highest BCUT2D eigenvalue weighted by molar-refractivity contribution is 7.89. The molecule has 3 fully saturated rings. The van der Waals surface area contributed by atoms with E-state index in [1.165, 1.54) is 14.8 Å². The Morgan fingerprint density at radius 1 is 1.10 bits per heavy atom. The maximum Gasteiger partial charge on any atom is 0.325 e. The van der Waals surface area contributed by atoms with Crippen molar-refractivity contribution in [2.75, 3.05) is 38.5 Å². The van der Waals surface area contributed by atoms with E-state index in [2.05, 4.69) is 22.3 Å². The number of likely N-dealkylation sites (tertiary alicyclic amines) is 1. The summed E-state index contributed by atoms with van der Waals surface area (Å²) in [6.45, 7) is 4.72. The molecule has 0 unspecified atom stereocenters. The minimum absolute atomic E-state index is 0.0304. The summed E-state index contributed by atoms with van der Waals surface area (Å²) in [5.74, 6) is -0.149. The SMILES string of the molecule is CCS(=O)(=O)N1CCC[C@H](N2C(=O)NC3(CCN(CCc4ccccc4)CC3)C2=O)C1. The fraction of sp³-hybridized carbons (Fsp3) is 0.636. The number of imide groups is 1. The summed E-state index contributed by atoms with van der Waals surface area (Å²) >= 11 is 0. The molecule has 0 saturated carbocycles.